The van der Waals surface area contributed by atoms with Crippen molar-refractivity contribution in [3.8, 4) is 0 Å². The van der Waals surface area contributed by atoms with Crippen LogP contribution in [0, 0.1) is 0 Å². The van der Waals surface area contributed by atoms with Gasteiger partial charge in [0.2, 0.25) is 0 Å². The van der Waals surface area contributed by atoms with Crippen molar-refractivity contribution in [2.24, 2.45) is 5.73 Å². The van der Waals surface area contributed by atoms with E-state index in [9.17, 15) is 0 Å². The molecular weight excluding hydrogens is 210 g/mol. The molecule has 2 N–H and O–H groups in total. The molecule has 1 fully saturated rings. The Labute approximate surface area is 104 Å². The molecule has 0 amide bonds. The summed E-state index contributed by atoms with van der Waals surface area (Å²) in [5.74, 6) is 1.07. The third-order valence-electron chi connectivity index (χ3n) is 3.78. The summed E-state index contributed by atoms with van der Waals surface area (Å²) < 4.78 is 0. The average Bonchev–Trinajstić information content (AvgIpc) is 2.39. The number of nitrogens with zero attached hydrogens (tertiary/aromatic N) is 2. The Hall–Kier alpha value is -1.09. The Bertz CT molecular complexity index is 339. The molecule has 1 aliphatic carbocycles. The molecule has 0 aromatic carbocycles. The van der Waals surface area contributed by atoms with Gasteiger partial charge in [-0.1, -0.05) is 25.3 Å². The summed E-state index contributed by atoms with van der Waals surface area (Å²) in [6, 6.07) is 4.91. The first-order chi connectivity index (χ1) is 8.18. The number of pyridine rings is 1. The van der Waals surface area contributed by atoms with Gasteiger partial charge in [0.15, 0.2) is 0 Å². The zero-order valence-corrected chi connectivity index (χ0v) is 10.9. The second-order valence-electron chi connectivity index (χ2n) is 5.14. The molecule has 1 unspecified atom stereocenters. The number of hydrogen-bond acceptors (Lipinski definition) is 3. The summed E-state index contributed by atoms with van der Waals surface area (Å²) in [6.07, 6.45) is 8.60. The summed E-state index contributed by atoms with van der Waals surface area (Å²) in [7, 11) is 2.16. The lowest BCUT2D eigenvalue weighted by molar-refractivity contribution is 0.426. The van der Waals surface area contributed by atoms with Crippen molar-refractivity contribution in [2.45, 2.75) is 51.1 Å². The standard InChI is InChI=1S/C14H23N3/c1-11(15)12-8-9-14(16-10-12)17(2)13-6-4-3-5-7-13/h8-11,13H,3-7,15H2,1-2H3. The Kier molecular flexibility index (Phi) is 4.00. The van der Waals surface area contributed by atoms with Crippen molar-refractivity contribution in [2.75, 3.05) is 11.9 Å². The largest absolute Gasteiger partial charge is 0.357 e. The second-order valence-corrected chi connectivity index (χ2v) is 5.14. The molecule has 2 rings (SSSR count). The van der Waals surface area contributed by atoms with Gasteiger partial charge in [0.25, 0.3) is 0 Å². The Morgan fingerprint density at radius 2 is 2.00 bits per heavy atom. The number of nitrogens with two attached hydrogens (primary N) is 1. The Morgan fingerprint density at radius 3 is 2.53 bits per heavy atom. The van der Waals surface area contributed by atoms with Gasteiger partial charge in [-0.25, -0.2) is 4.98 Å². The number of aromatic nitrogens is 1. The van der Waals surface area contributed by atoms with Crippen molar-refractivity contribution in [3.63, 3.8) is 0 Å². The molecule has 1 atom stereocenters. The lowest BCUT2D eigenvalue weighted by atomic mass is 9.94. The van der Waals surface area contributed by atoms with Crippen LogP contribution in [0.25, 0.3) is 0 Å². The lowest BCUT2D eigenvalue weighted by Gasteiger charge is -2.32. The van der Waals surface area contributed by atoms with E-state index in [1.807, 2.05) is 13.1 Å². The number of anilines is 1. The molecule has 3 heteroatoms. The van der Waals surface area contributed by atoms with E-state index in [-0.39, 0.29) is 6.04 Å². The van der Waals surface area contributed by atoms with E-state index in [0.717, 1.165) is 11.4 Å². The van der Waals surface area contributed by atoms with Crippen LogP contribution < -0.4 is 10.6 Å². The van der Waals surface area contributed by atoms with Gasteiger partial charge in [-0.3, -0.25) is 0 Å². The van der Waals surface area contributed by atoms with E-state index in [4.69, 9.17) is 5.73 Å². The molecule has 0 bridgehead atoms. The van der Waals surface area contributed by atoms with E-state index in [0.29, 0.717) is 6.04 Å². The SMILES string of the molecule is CC(N)c1ccc(N(C)C2CCCCC2)nc1. The normalized spacial score (nSPS) is 19.0. The van der Waals surface area contributed by atoms with Gasteiger partial charge in [-0.05, 0) is 31.4 Å². The Morgan fingerprint density at radius 1 is 1.29 bits per heavy atom. The molecule has 3 nitrogen and oxygen atoms in total. The van der Waals surface area contributed by atoms with Crippen molar-refractivity contribution in [1.29, 1.82) is 0 Å². The zero-order valence-electron chi connectivity index (χ0n) is 10.9. The maximum Gasteiger partial charge on any atom is 0.128 e. The van der Waals surface area contributed by atoms with E-state index < -0.39 is 0 Å². The van der Waals surface area contributed by atoms with Gasteiger partial charge in [0.05, 0.1) is 0 Å². The molecule has 0 radical (unpaired) electrons. The highest BCUT2D eigenvalue weighted by Crippen LogP contribution is 2.25. The van der Waals surface area contributed by atoms with E-state index in [2.05, 4.69) is 29.1 Å². The van der Waals surface area contributed by atoms with Crippen LogP contribution in [0.2, 0.25) is 0 Å². The molecule has 17 heavy (non-hydrogen) atoms. The molecule has 94 valence electrons. The highest BCUT2D eigenvalue weighted by atomic mass is 15.2. The predicted octanol–water partition coefficient (Wildman–Crippen LogP) is 2.87. The van der Waals surface area contributed by atoms with Gasteiger partial charge >= 0.3 is 0 Å². The third kappa shape index (κ3) is 2.97. The minimum absolute atomic E-state index is 0.0662. The Balaban J connectivity index is 2.05. The van der Waals surface area contributed by atoms with Crippen LogP contribution in [0.3, 0.4) is 0 Å². The van der Waals surface area contributed by atoms with Gasteiger partial charge in [0, 0.05) is 25.3 Å². The fraction of sp³-hybridized carbons (Fsp3) is 0.643. The first kappa shape index (κ1) is 12.4. The molecule has 1 aliphatic rings. The first-order valence-electron chi connectivity index (χ1n) is 6.63. The van der Waals surface area contributed by atoms with Crippen LogP contribution in [0.15, 0.2) is 18.3 Å². The molecule has 0 saturated heterocycles. The van der Waals surface area contributed by atoms with Crippen LogP contribution in [-0.4, -0.2) is 18.1 Å². The summed E-state index contributed by atoms with van der Waals surface area (Å²) in [5, 5.41) is 0. The van der Waals surface area contributed by atoms with Crippen LogP contribution in [0.4, 0.5) is 5.82 Å². The highest BCUT2D eigenvalue weighted by Gasteiger charge is 2.18. The molecule has 0 aliphatic heterocycles. The molecule has 1 heterocycles. The van der Waals surface area contributed by atoms with Gasteiger partial charge in [-0.15, -0.1) is 0 Å². The smallest absolute Gasteiger partial charge is 0.128 e. The third-order valence-corrected chi connectivity index (χ3v) is 3.78. The van der Waals surface area contributed by atoms with Crippen molar-refractivity contribution < 1.29 is 0 Å². The number of rotatable bonds is 3. The van der Waals surface area contributed by atoms with Crippen LogP contribution >= 0.6 is 0 Å². The van der Waals surface area contributed by atoms with Crippen molar-refractivity contribution >= 4 is 5.82 Å². The molecule has 1 saturated carbocycles. The quantitative estimate of drug-likeness (QED) is 0.873. The van der Waals surface area contributed by atoms with E-state index in [1.54, 1.807) is 0 Å². The van der Waals surface area contributed by atoms with E-state index >= 15 is 0 Å². The van der Waals surface area contributed by atoms with Crippen LogP contribution in [-0.2, 0) is 0 Å². The molecule has 0 spiro atoms. The fourth-order valence-corrected chi connectivity index (χ4v) is 2.53. The van der Waals surface area contributed by atoms with Crippen molar-refractivity contribution in [3.05, 3.63) is 23.9 Å². The average molecular weight is 233 g/mol. The summed E-state index contributed by atoms with van der Waals surface area (Å²) in [6.45, 7) is 1.99. The first-order valence-corrected chi connectivity index (χ1v) is 6.63. The topological polar surface area (TPSA) is 42.1 Å². The van der Waals surface area contributed by atoms with Crippen LogP contribution in [0.1, 0.15) is 50.6 Å². The van der Waals surface area contributed by atoms with Gasteiger partial charge in [-0.2, -0.15) is 0 Å². The summed E-state index contributed by atoms with van der Waals surface area (Å²) in [5.41, 5.74) is 6.93. The van der Waals surface area contributed by atoms with Crippen LogP contribution in [0.5, 0.6) is 0 Å². The summed E-state index contributed by atoms with van der Waals surface area (Å²) >= 11 is 0. The van der Waals surface area contributed by atoms with Crippen molar-refractivity contribution in [1.82, 2.24) is 4.98 Å². The lowest BCUT2D eigenvalue weighted by Crippen LogP contribution is -2.33. The second kappa shape index (κ2) is 5.50. The molecule has 1 aromatic rings. The predicted molar refractivity (Wildman–Crippen MR) is 72.1 cm³/mol. The van der Waals surface area contributed by atoms with Gasteiger partial charge in [0.1, 0.15) is 5.82 Å². The maximum atomic E-state index is 5.83. The molecule has 1 aromatic heterocycles. The highest BCUT2D eigenvalue weighted by molar-refractivity contribution is 5.40. The van der Waals surface area contributed by atoms with E-state index in [1.165, 1.54) is 32.1 Å². The minimum Gasteiger partial charge on any atom is -0.357 e. The molecular formula is C14H23N3. The van der Waals surface area contributed by atoms with Gasteiger partial charge < -0.3 is 10.6 Å². The number of hydrogen-bond donors (Lipinski definition) is 1. The zero-order chi connectivity index (χ0) is 12.3. The minimum atomic E-state index is 0.0662. The summed E-state index contributed by atoms with van der Waals surface area (Å²) in [4.78, 5) is 6.84. The maximum absolute atomic E-state index is 5.83. The fourth-order valence-electron chi connectivity index (χ4n) is 2.53. The monoisotopic (exact) mass is 233 g/mol.